The quantitative estimate of drug-likeness (QED) is 0.807. The minimum Gasteiger partial charge on any atom is -0.316 e. The Labute approximate surface area is 116 Å². The van der Waals surface area contributed by atoms with Gasteiger partial charge < -0.3 is 5.32 Å². The summed E-state index contributed by atoms with van der Waals surface area (Å²) in [4.78, 5) is 0. The maximum absolute atomic E-state index is 12.2. The summed E-state index contributed by atoms with van der Waals surface area (Å²) in [5.74, 6) is 0.364. The van der Waals surface area contributed by atoms with E-state index in [-0.39, 0.29) is 18.4 Å². The van der Waals surface area contributed by atoms with Crippen LogP contribution in [0, 0.1) is 5.92 Å². The zero-order valence-electron chi connectivity index (χ0n) is 10.9. The van der Waals surface area contributed by atoms with Gasteiger partial charge in [-0.1, -0.05) is 13.3 Å². The van der Waals surface area contributed by atoms with E-state index in [1.165, 1.54) is 0 Å². The van der Waals surface area contributed by atoms with Crippen molar-refractivity contribution in [2.75, 3.05) is 26.2 Å². The van der Waals surface area contributed by atoms with Crippen LogP contribution < -0.4 is 10.0 Å². The number of halogens is 1. The lowest BCUT2D eigenvalue weighted by molar-refractivity contribution is 0.303. The van der Waals surface area contributed by atoms with Crippen molar-refractivity contribution < 1.29 is 8.42 Å². The fraction of sp³-hybridized carbons (Fsp3) is 1.00. The molecule has 5 nitrogen and oxygen atoms in total. The van der Waals surface area contributed by atoms with E-state index < -0.39 is 10.2 Å². The molecular formula is C11H24ClN3O2S. The summed E-state index contributed by atoms with van der Waals surface area (Å²) in [5, 5.41) is 3.28. The van der Waals surface area contributed by atoms with Crippen LogP contribution in [0.3, 0.4) is 0 Å². The summed E-state index contributed by atoms with van der Waals surface area (Å²) in [6, 6.07) is 0.0863. The number of nitrogens with one attached hydrogen (secondary N) is 2. The largest absolute Gasteiger partial charge is 0.316 e. The van der Waals surface area contributed by atoms with E-state index in [1.807, 2.05) is 0 Å². The highest BCUT2D eigenvalue weighted by Crippen LogP contribution is 2.16. The molecule has 0 amide bonds. The van der Waals surface area contributed by atoms with Crippen LogP contribution in [0.5, 0.6) is 0 Å². The predicted molar refractivity (Wildman–Crippen MR) is 75.2 cm³/mol. The van der Waals surface area contributed by atoms with E-state index in [1.54, 1.807) is 4.31 Å². The zero-order chi connectivity index (χ0) is 12.3. The maximum Gasteiger partial charge on any atom is 0.279 e. The Kier molecular flexibility index (Phi) is 6.34. The summed E-state index contributed by atoms with van der Waals surface area (Å²) in [6.45, 7) is 5.24. The molecular weight excluding hydrogens is 274 g/mol. The molecule has 0 aromatic carbocycles. The Bertz CT molecular complexity index is 344. The highest BCUT2D eigenvalue weighted by atomic mass is 35.5. The van der Waals surface area contributed by atoms with Gasteiger partial charge in [-0.05, 0) is 38.3 Å². The first kappa shape index (κ1) is 16.2. The summed E-state index contributed by atoms with van der Waals surface area (Å²) in [6.07, 6.45) is 4.01. The van der Waals surface area contributed by atoms with Crippen molar-refractivity contribution in [2.45, 2.75) is 38.6 Å². The zero-order valence-corrected chi connectivity index (χ0v) is 12.5. The lowest BCUT2D eigenvalue weighted by Crippen LogP contribution is -2.53. The van der Waals surface area contributed by atoms with Crippen molar-refractivity contribution in [3.8, 4) is 0 Å². The lowest BCUT2D eigenvalue weighted by Gasteiger charge is -2.33. The SMILES string of the molecule is CC1CNCCC1NS(=O)(=O)N1CCCCC1.Cl. The molecule has 18 heavy (non-hydrogen) atoms. The van der Waals surface area contributed by atoms with Gasteiger partial charge in [-0.3, -0.25) is 0 Å². The van der Waals surface area contributed by atoms with E-state index in [2.05, 4.69) is 17.0 Å². The van der Waals surface area contributed by atoms with Crippen LogP contribution in [0.15, 0.2) is 0 Å². The first-order chi connectivity index (χ1) is 8.09. The van der Waals surface area contributed by atoms with Crippen molar-refractivity contribution in [2.24, 2.45) is 5.92 Å². The van der Waals surface area contributed by atoms with Crippen LogP contribution in [0.1, 0.15) is 32.6 Å². The van der Waals surface area contributed by atoms with Crippen LogP contribution in [-0.2, 0) is 10.2 Å². The summed E-state index contributed by atoms with van der Waals surface area (Å²) in [5.41, 5.74) is 0. The summed E-state index contributed by atoms with van der Waals surface area (Å²) < 4.78 is 28.9. The Hall–Kier alpha value is 0.120. The summed E-state index contributed by atoms with van der Waals surface area (Å²) in [7, 11) is -3.26. The van der Waals surface area contributed by atoms with Gasteiger partial charge in [-0.15, -0.1) is 12.4 Å². The number of hydrogen-bond acceptors (Lipinski definition) is 3. The molecule has 2 N–H and O–H groups in total. The molecule has 108 valence electrons. The van der Waals surface area contributed by atoms with Crippen molar-refractivity contribution in [3.63, 3.8) is 0 Å². The molecule has 0 aromatic rings. The molecule has 0 aromatic heterocycles. The Morgan fingerprint density at radius 1 is 1.22 bits per heavy atom. The van der Waals surface area contributed by atoms with E-state index in [0.29, 0.717) is 19.0 Å². The smallest absolute Gasteiger partial charge is 0.279 e. The standard InChI is InChI=1S/C11H23N3O2S.ClH/c1-10-9-12-6-5-11(10)13-17(15,16)14-7-3-2-4-8-14;/h10-13H,2-9H2,1H3;1H. The molecule has 0 aliphatic carbocycles. The molecule has 0 radical (unpaired) electrons. The fourth-order valence-corrected chi connectivity index (χ4v) is 4.18. The molecule has 0 spiro atoms. The Balaban J connectivity index is 0.00000162. The molecule has 2 unspecified atom stereocenters. The van der Waals surface area contributed by atoms with Gasteiger partial charge in [0.15, 0.2) is 0 Å². The highest BCUT2D eigenvalue weighted by Gasteiger charge is 2.30. The second-order valence-corrected chi connectivity index (χ2v) is 6.86. The van der Waals surface area contributed by atoms with Crippen LogP contribution in [0.4, 0.5) is 0 Å². The van der Waals surface area contributed by atoms with Gasteiger partial charge in [-0.2, -0.15) is 17.4 Å². The molecule has 2 aliphatic rings. The average Bonchev–Trinajstić information content (AvgIpc) is 2.33. The second-order valence-electron chi connectivity index (χ2n) is 5.16. The predicted octanol–water partition coefficient (Wildman–Crippen LogP) is 0.726. The van der Waals surface area contributed by atoms with E-state index in [9.17, 15) is 8.42 Å². The third-order valence-electron chi connectivity index (χ3n) is 3.74. The van der Waals surface area contributed by atoms with Crippen molar-refractivity contribution >= 4 is 22.6 Å². The molecule has 2 atom stereocenters. The molecule has 2 saturated heterocycles. The first-order valence-electron chi connectivity index (χ1n) is 6.58. The second kappa shape index (κ2) is 7.05. The normalized spacial score (nSPS) is 30.7. The minimum absolute atomic E-state index is 0. The first-order valence-corrected chi connectivity index (χ1v) is 8.02. The maximum atomic E-state index is 12.2. The molecule has 2 rings (SSSR count). The van der Waals surface area contributed by atoms with E-state index in [0.717, 1.165) is 38.8 Å². The third-order valence-corrected chi connectivity index (χ3v) is 5.39. The number of rotatable bonds is 3. The van der Waals surface area contributed by atoms with Crippen LogP contribution in [-0.4, -0.2) is 44.9 Å². The van der Waals surface area contributed by atoms with Gasteiger partial charge >= 0.3 is 0 Å². The Morgan fingerprint density at radius 2 is 1.89 bits per heavy atom. The molecule has 0 saturated carbocycles. The molecule has 7 heteroatoms. The topological polar surface area (TPSA) is 61.4 Å². The molecule has 2 aliphatic heterocycles. The number of piperidine rings is 2. The van der Waals surface area contributed by atoms with E-state index >= 15 is 0 Å². The number of hydrogen-bond donors (Lipinski definition) is 2. The van der Waals surface area contributed by atoms with Crippen LogP contribution in [0.2, 0.25) is 0 Å². The lowest BCUT2D eigenvalue weighted by atomic mass is 9.97. The van der Waals surface area contributed by atoms with Gasteiger partial charge in [0.05, 0.1) is 0 Å². The van der Waals surface area contributed by atoms with Crippen LogP contribution >= 0.6 is 12.4 Å². The van der Waals surface area contributed by atoms with Gasteiger partial charge in [-0.25, -0.2) is 0 Å². The van der Waals surface area contributed by atoms with Crippen molar-refractivity contribution in [1.82, 2.24) is 14.3 Å². The summed E-state index contributed by atoms with van der Waals surface area (Å²) >= 11 is 0. The van der Waals surface area contributed by atoms with Gasteiger partial charge in [0.2, 0.25) is 0 Å². The Morgan fingerprint density at radius 3 is 2.50 bits per heavy atom. The highest BCUT2D eigenvalue weighted by molar-refractivity contribution is 7.87. The third kappa shape index (κ3) is 4.06. The van der Waals surface area contributed by atoms with Gasteiger partial charge in [0.1, 0.15) is 0 Å². The minimum atomic E-state index is -3.26. The van der Waals surface area contributed by atoms with Crippen molar-refractivity contribution in [1.29, 1.82) is 0 Å². The van der Waals surface area contributed by atoms with Gasteiger partial charge in [0.25, 0.3) is 10.2 Å². The van der Waals surface area contributed by atoms with Crippen LogP contribution in [0.25, 0.3) is 0 Å². The monoisotopic (exact) mass is 297 g/mol. The molecule has 2 heterocycles. The van der Waals surface area contributed by atoms with Gasteiger partial charge in [0, 0.05) is 19.1 Å². The molecule has 0 bridgehead atoms. The fourth-order valence-electron chi connectivity index (χ4n) is 2.56. The molecule has 2 fully saturated rings. The van der Waals surface area contributed by atoms with Crippen molar-refractivity contribution in [3.05, 3.63) is 0 Å². The van der Waals surface area contributed by atoms with E-state index in [4.69, 9.17) is 0 Å². The number of nitrogens with zero attached hydrogens (tertiary/aromatic N) is 1. The average molecular weight is 298 g/mol.